The first-order valence-electron chi connectivity index (χ1n) is 9.54. The molecule has 0 atom stereocenters. The van der Waals surface area contributed by atoms with Gasteiger partial charge in [-0.05, 0) is 50.7 Å². The van der Waals surface area contributed by atoms with Crippen LogP contribution >= 0.6 is 7.92 Å². The average Bonchev–Trinajstić information content (AvgIpc) is 2.74. The number of aliphatic imine (C=N–C) groups is 1. The van der Waals surface area contributed by atoms with Crippen LogP contribution in [-0.4, -0.2) is 35.0 Å². The van der Waals surface area contributed by atoms with Crippen LogP contribution in [0.2, 0.25) is 0 Å². The van der Waals surface area contributed by atoms with Gasteiger partial charge < -0.3 is 5.73 Å². The highest BCUT2D eigenvalue weighted by Gasteiger charge is 2.15. The normalized spacial score (nSPS) is 11.3. The van der Waals surface area contributed by atoms with Gasteiger partial charge in [0, 0.05) is 17.3 Å². The van der Waals surface area contributed by atoms with Crippen LogP contribution in [0.15, 0.2) is 47.7 Å². The van der Waals surface area contributed by atoms with Crippen molar-refractivity contribution in [2.24, 2.45) is 10.8 Å². The van der Waals surface area contributed by atoms with Gasteiger partial charge in [-0.3, -0.25) is 15.0 Å². The van der Waals surface area contributed by atoms with Crippen molar-refractivity contribution in [2.75, 3.05) is 24.1 Å². The number of benzene rings is 1. The smallest absolute Gasteiger partial charge is 0.186 e. The summed E-state index contributed by atoms with van der Waals surface area (Å²) in [6.07, 6.45) is 6.96. The minimum atomic E-state index is -0.643. The van der Waals surface area contributed by atoms with E-state index in [9.17, 15) is 4.39 Å². The van der Waals surface area contributed by atoms with Gasteiger partial charge in [0.05, 0.1) is 29.6 Å². The Hall–Kier alpha value is -3.22. The Morgan fingerprint density at radius 2 is 2.00 bits per heavy atom. The molecule has 160 valence electrons. The van der Waals surface area contributed by atoms with Crippen molar-refractivity contribution >= 4 is 43.5 Å². The lowest BCUT2D eigenvalue weighted by molar-refractivity contribution is 0.632. The summed E-state index contributed by atoms with van der Waals surface area (Å²) in [7, 11) is -0.643. The highest BCUT2D eigenvalue weighted by molar-refractivity contribution is 7.63. The van der Waals surface area contributed by atoms with E-state index in [1.807, 2.05) is 50.6 Å². The molecule has 0 bridgehead atoms. The van der Waals surface area contributed by atoms with Gasteiger partial charge in [-0.15, -0.1) is 0 Å². The molecule has 0 unspecified atom stereocenters. The monoisotopic (exact) mass is 437 g/mol. The Morgan fingerprint density at radius 1 is 1.23 bits per heavy atom. The van der Waals surface area contributed by atoms with Gasteiger partial charge in [-0.25, -0.2) is 20.2 Å². The number of hydrogen-bond donors (Lipinski definition) is 2. The van der Waals surface area contributed by atoms with Crippen LogP contribution in [0, 0.1) is 5.82 Å². The molecule has 0 aliphatic rings. The predicted octanol–water partition coefficient (Wildman–Crippen LogP) is 3.87. The third kappa shape index (κ3) is 5.10. The van der Waals surface area contributed by atoms with E-state index in [1.165, 1.54) is 17.3 Å². The van der Waals surface area contributed by atoms with E-state index < -0.39 is 7.92 Å². The zero-order valence-electron chi connectivity index (χ0n) is 17.7. The molecule has 3 aromatic rings. The fraction of sp³-hybridized carbons (Fsp3) is 0.182. The minimum Gasteiger partial charge on any atom is -0.381 e. The van der Waals surface area contributed by atoms with Crippen molar-refractivity contribution < 1.29 is 4.39 Å². The largest absolute Gasteiger partial charge is 0.381 e. The summed E-state index contributed by atoms with van der Waals surface area (Å²) in [5, 5.41) is 1.41. The van der Waals surface area contributed by atoms with E-state index in [0.29, 0.717) is 29.1 Å². The van der Waals surface area contributed by atoms with Gasteiger partial charge in [0.2, 0.25) is 0 Å². The number of hydrazine groups is 1. The fourth-order valence-corrected chi connectivity index (χ4v) is 3.85. The third-order valence-corrected chi connectivity index (χ3v) is 5.73. The molecule has 0 saturated heterocycles. The second-order valence-electron chi connectivity index (χ2n) is 7.07. The molecule has 0 spiro atoms. The van der Waals surface area contributed by atoms with Crippen LogP contribution in [0.1, 0.15) is 18.1 Å². The Balaban J connectivity index is 1.90. The maximum Gasteiger partial charge on any atom is 0.186 e. The molecule has 0 fully saturated rings. The van der Waals surface area contributed by atoms with Crippen LogP contribution in [-0.2, 0) is 6.54 Å². The summed E-state index contributed by atoms with van der Waals surface area (Å²) >= 11 is 0. The molecule has 7 nitrogen and oxygen atoms in total. The van der Waals surface area contributed by atoms with E-state index in [4.69, 9.17) is 11.6 Å². The summed E-state index contributed by atoms with van der Waals surface area (Å²) in [4.78, 5) is 17.0. The summed E-state index contributed by atoms with van der Waals surface area (Å²) in [5.41, 5.74) is 10.1. The zero-order chi connectivity index (χ0) is 22.5. The minimum absolute atomic E-state index is 0.181. The molecule has 0 aliphatic carbocycles. The molecular weight excluding hydrogens is 412 g/mol. The predicted molar refractivity (Wildman–Crippen MR) is 129 cm³/mol. The first-order chi connectivity index (χ1) is 14.8. The lowest BCUT2D eigenvalue weighted by Gasteiger charge is -2.20. The lowest BCUT2D eigenvalue weighted by atomic mass is 10.1. The SMILES string of the molecule is C=Nc1ccc(CN(N)c2nc(-c3cnc(P(C)C)c(F)c3)cnc2N)cc1/C=C\C. The van der Waals surface area contributed by atoms with Crippen LogP contribution in [0.4, 0.5) is 21.7 Å². The fourth-order valence-electron chi connectivity index (χ4n) is 3.07. The average molecular weight is 437 g/mol. The van der Waals surface area contributed by atoms with E-state index in [-0.39, 0.29) is 11.6 Å². The Kier molecular flexibility index (Phi) is 7.05. The molecule has 2 heterocycles. The van der Waals surface area contributed by atoms with Gasteiger partial charge in [-0.2, -0.15) is 0 Å². The van der Waals surface area contributed by atoms with E-state index in [0.717, 1.165) is 16.8 Å². The van der Waals surface area contributed by atoms with Crippen molar-refractivity contribution in [3.63, 3.8) is 0 Å². The molecule has 0 aliphatic heterocycles. The molecule has 3 rings (SSSR count). The third-order valence-electron chi connectivity index (χ3n) is 4.56. The van der Waals surface area contributed by atoms with Crippen molar-refractivity contribution in [1.29, 1.82) is 0 Å². The number of hydrogen-bond acceptors (Lipinski definition) is 7. The summed E-state index contributed by atoms with van der Waals surface area (Å²) in [5.74, 6) is 6.40. The zero-order valence-corrected chi connectivity index (χ0v) is 18.6. The molecule has 4 N–H and O–H groups in total. The number of allylic oxidation sites excluding steroid dienone is 1. The van der Waals surface area contributed by atoms with Gasteiger partial charge in [0.15, 0.2) is 11.6 Å². The van der Waals surface area contributed by atoms with Crippen LogP contribution < -0.4 is 22.0 Å². The number of nitrogens with zero attached hydrogens (tertiary/aromatic N) is 5. The molecule has 0 amide bonds. The maximum absolute atomic E-state index is 14.4. The lowest BCUT2D eigenvalue weighted by Crippen LogP contribution is -2.32. The van der Waals surface area contributed by atoms with Gasteiger partial charge in [-0.1, -0.05) is 26.1 Å². The van der Waals surface area contributed by atoms with Crippen LogP contribution in [0.3, 0.4) is 0 Å². The highest BCUT2D eigenvalue weighted by Crippen LogP contribution is 2.28. The second kappa shape index (κ2) is 9.73. The number of pyridine rings is 1. The number of nitrogen functional groups attached to an aromatic ring is 1. The summed E-state index contributed by atoms with van der Waals surface area (Å²) in [6, 6.07) is 7.18. The molecule has 0 radical (unpaired) electrons. The first kappa shape index (κ1) is 22.5. The number of rotatable bonds is 7. The van der Waals surface area contributed by atoms with E-state index in [1.54, 1.807) is 6.20 Å². The second-order valence-corrected chi connectivity index (χ2v) is 9.28. The Labute approximate surface area is 182 Å². The standard InChI is InChI=1S/C22H25FN7P/c1-5-6-15-9-14(7-8-18(15)26-2)13-30(25)21-20(24)27-12-19(29-21)16-10-17(23)22(28-11-16)31(3)4/h5-12H,2,13,25H2,1,3-4H3,(H2,24,27)/b6-5-. The first-order valence-corrected chi connectivity index (χ1v) is 11.8. The van der Waals surface area contributed by atoms with Crippen molar-refractivity contribution in [3.05, 3.63) is 59.7 Å². The molecule has 0 saturated carbocycles. The molecule has 1 aromatic carbocycles. The van der Waals surface area contributed by atoms with Crippen LogP contribution in [0.25, 0.3) is 17.3 Å². The molecule has 2 aromatic heterocycles. The van der Waals surface area contributed by atoms with Gasteiger partial charge in [0.1, 0.15) is 5.82 Å². The Bertz CT molecular complexity index is 1130. The quantitative estimate of drug-likeness (QED) is 0.252. The highest BCUT2D eigenvalue weighted by atomic mass is 31.1. The van der Waals surface area contributed by atoms with Gasteiger partial charge in [0.25, 0.3) is 0 Å². The summed E-state index contributed by atoms with van der Waals surface area (Å²) < 4.78 is 14.4. The van der Waals surface area contributed by atoms with Crippen LogP contribution in [0.5, 0.6) is 0 Å². The van der Waals surface area contributed by atoms with Crippen molar-refractivity contribution in [3.8, 4) is 11.3 Å². The molecule has 9 heteroatoms. The van der Waals surface area contributed by atoms with E-state index in [2.05, 4.69) is 26.7 Å². The topological polar surface area (TPSA) is 106 Å². The number of nitrogens with two attached hydrogens (primary N) is 2. The number of halogens is 1. The van der Waals surface area contributed by atoms with E-state index >= 15 is 0 Å². The maximum atomic E-state index is 14.4. The Morgan fingerprint density at radius 3 is 2.65 bits per heavy atom. The molecular formula is C22H25FN7P. The molecule has 31 heavy (non-hydrogen) atoms. The van der Waals surface area contributed by atoms with Crippen molar-refractivity contribution in [2.45, 2.75) is 13.5 Å². The summed E-state index contributed by atoms with van der Waals surface area (Å²) in [6.45, 7) is 9.77. The van der Waals surface area contributed by atoms with Gasteiger partial charge >= 0.3 is 0 Å². The number of anilines is 2. The van der Waals surface area contributed by atoms with Crippen molar-refractivity contribution in [1.82, 2.24) is 15.0 Å². The number of aromatic nitrogens is 3.